The van der Waals surface area contributed by atoms with Crippen LogP contribution in [0.15, 0.2) is 47.7 Å². The molecular formula is C20H21N5O3. The molecule has 144 valence electrons. The number of hydrogen-bond acceptors (Lipinski definition) is 6. The van der Waals surface area contributed by atoms with E-state index in [4.69, 9.17) is 4.74 Å². The standard InChI is InChI=1S/C20H21N5O3/c1-14-4-5-17-22-12-16(20(27)25(17)13-14)19(26)23-11-15-3-2-6-21-18(15)24-7-9-28-10-8-24/h2-6,12-13H,7-11H2,1H3,(H,23,26). The number of nitrogens with one attached hydrogen (secondary N) is 1. The lowest BCUT2D eigenvalue weighted by molar-refractivity contribution is 0.0948. The quantitative estimate of drug-likeness (QED) is 0.732. The van der Waals surface area contributed by atoms with Gasteiger partial charge in [-0.25, -0.2) is 9.97 Å². The SMILES string of the molecule is Cc1ccc2ncc(C(=O)NCc3cccnc3N3CCOCC3)c(=O)n2c1. The van der Waals surface area contributed by atoms with Gasteiger partial charge in [0.25, 0.3) is 11.5 Å². The average Bonchev–Trinajstić information content (AvgIpc) is 2.73. The van der Waals surface area contributed by atoms with Gasteiger partial charge in [0.05, 0.1) is 13.2 Å². The first-order valence-electron chi connectivity index (χ1n) is 9.16. The van der Waals surface area contributed by atoms with Crippen LogP contribution in [0, 0.1) is 6.92 Å². The molecule has 1 N–H and O–H groups in total. The molecular weight excluding hydrogens is 358 g/mol. The summed E-state index contributed by atoms with van der Waals surface area (Å²) in [4.78, 5) is 36.1. The van der Waals surface area contributed by atoms with E-state index in [1.54, 1.807) is 18.5 Å². The molecule has 1 saturated heterocycles. The van der Waals surface area contributed by atoms with Crippen molar-refractivity contribution in [2.75, 3.05) is 31.2 Å². The predicted octanol–water partition coefficient (Wildman–Crippen LogP) is 1.16. The van der Waals surface area contributed by atoms with Crippen molar-refractivity contribution in [1.29, 1.82) is 0 Å². The van der Waals surface area contributed by atoms with E-state index in [1.807, 2.05) is 25.1 Å². The number of fused-ring (bicyclic) bond motifs is 1. The van der Waals surface area contributed by atoms with Crippen LogP contribution in [0.1, 0.15) is 21.5 Å². The minimum atomic E-state index is -0.454. The van der Waals surface area contributed by atoms with Crippen LogP contribution < -0.4 is 15.8 Å². The number of aromatic nitrogens is 3. The fourth-order valence-corrected chi connectivity index (χ4v) is 3.24. The molecule has 1 aliphatic heterocycles. The zero-order valence-electron chi connectivity index (χ0n) is 15.6. The number of nitrogens with zero attached hydrogens (tertiary/aromatic N) is 4. The summed E-state index contributed by atoms with van der Waals surface area (Å²) in [7, 11) is 0. The first kappa shape index (κ1) is 18.1. The van der Waals surface area contributed by atoms with Crippen LogP contribution in [-0.2, 0) is 11.3 Å². The highest BCUT2D eigenvalue weighted by molar-refractivity contribution is 5.93. The molecule has 4 rings (SSSR count). The van der Waals surface area contributed by atoms with E-state index in [1.165, 1.54) is 10.6 Å². The molecule has 0 spiro atoms. The van der Waals surface area contributed by atoms with Crippen LogP contribution >= 0.6 is 0 Å². The van der Waals surface area contributed by atoms with Crippen LogP contribution in [0.5, 0.6) is 0 Å². The number of aryl methyl sites for hydroxylation is 1. The molecule has 0 radical (unpaired) electrons. The number of anilines is 1. The van der Waals surface area contributed by atoms with Crippen LogP contribution in [-0.4, -0.2) is 46.6 Å². The Bertz CT molecular complexity index is 1070. The summed E-state index contributed by atoms with van der Waals surface area (Å²) in [5, 5.41) is 2.82. The van der Waals surface area contributed by atoms with Crippen LogP contribution in [0.2, 0.25) is 0 Å². The second-order valence-corrected chi connectivity index (χ2v) is 6.68. The first-order valence-corrected chi connectivity index (χ1v) is 9.16. The normalized spacial score (nSPS) is 14.2. The van der Waals surface area contributed by atoms with Gasteiger partial charge in [0.15, 0.2) is 0 Å². The van der Waals surface area contributed by atoms with E-state index in [2.05, 4.69) is 20.2 Å². The van der Waals surface area contributed by atoms with E-state index < -0.39 is 5.91 Å². The van der Waals surface area contributed by atoms with Crippen LogP contribution in [0.25, 0.3) is 5.65 Å². The fourth-order valence-electron chi connectivity index (χ4n) is 3.24. The third-order valence-electron chi connectivity index (χ3n) is 4.71. The molecule has 3 aromatic rings. The highest BCUT2D eigenvalue weighted by Gasteiger charge is 2.18. The van der Waals surface area contributed by atoms with Crippen molar-refractivity contribution < 1.29 is 9.53 Å². The lowest BCUT2D eigenvalue weighted by atomic mass is 10.2. The van der Waals surface area contributed by atoms with E-state index in [-0.39, 0.29) is 17.7 Å². The van der Waals surface area contributed by atoms with Gasteiger partial charge in [0.1, 0.15) is 17.0 Å². The second kappa shape index (κ2) is 7.77. The summed E-state index contributed by atoms with van der Waals surface area (Å²) in [6, 6.07) is 7.38. The molecule has 0 atom stereocenters. The molecule has 0 bridgehead atoms. The van der Waals surface area contributed by atoms with Crippen molar-refractivity contribution in [1.82, 2.24) is 19.7 Å². The molecule has 0 aromatic carbocycles. The molecule has 0 saturated carbocycles. The van der Waals surface area contributed by atoms with Crippen molar-refractivity contribution in [3.05, 3.63) is 69.9 Å². The summed E-state index contributed by atoms with van der Waals surface area (Å²) in [5.41, 5.74) is 1.95. The molecule has 8 nitrogen and oxygen atoms in total. The number of carbonyl (C=O) groups excluding carboxylic acids is 1. The molecule has 28 heavy (non-hydrogen) atoms. The Morgan fingerprint density at radius 1 is 1.21 bits per heavy atom. The Kier molecular flexibility index (Phi) is 5.03. The third-order valence-corrected chi connectivity index (χ3v) is 4.71. The van der Waals surface area contributed by atoms with Gasteiger partial charge in [-0.3, -0.25) is 14.0 Å². The van der Waals surface area contributed by atoms with Gasteiger partial charge in [-0.15, -0.1) is 0 Å². The maximum atomic E-state index is 12.7. The zero-order chi connectivity index (χ0) is 19.5. The summed E-state index contributed by atoms with van der Waals surface area (Å²) in [5.74, 6) is 0.375. The monoisotopic (exact) mass is 379 g/mol. The van der Waals surface area contributed by atoms with E-state index in [0.717, 1.165) is 30.0 Å². The van der Waals surface area contributed by atoms with Gasteiger partial charge >= 0.3 is 0 Å². The molecule has 1 aliphatic rings. The predicted molar refractivity (Wildman–Crippen MR) is 105 cm³/mol. The largest absolute Gasteiger partial charge is 0.378 e. The van der Waals surface area contributed by atoms with Gasteiger partial charge in [-0.2, -0.15) is 0 Å². The lowest BCUT2D eigenvalue weighted by Crippen LogP contribution is -2.38. The Labute approximate surface area is 161 Å². The minimum absolute atomic E-state index is 0.0138. The molecule has 0 aliphatic carbocycles. The van der Waals surface area contributed by atoms with Crippen molar-refractivity contribution in [2.45, 2.75) is 13.5 Å². The number of rotatable bonds is 4. The lowest BCUT2D eigenvalue weighted by Gasteiger charge is -2.29. The zero-order valence-corrected chi connectivity index (χ0v) is 15.6. The second-order valence-electron chi connectivity index (χ2n) is 6.68. The molecule has 4 heterocycles. The Morgan fingerprint density at radius 2 is 2.04 bits per heavy atom. The smallest absolute Gasteiger partial charge is 0.270 e. The number of carbonyl (C=O) groups is 1. The average molecular weight is 379 g/mol. The summed E-state index contributed by atoms with van der Waals surface area (Å²) >= 11 is 0. The molecule has 3 aromatic heterocycles. The van der Waals surface area contributed by atoms with E-state index >= 15 is 0 Å². The number of ether oxygens (including phenoxy) is 1. The maximum Gasteiger partial charge on any atom is 0.270 e. The Morgan fingerprint density at radius 3 is 2.86 bits per heavy atom. The molecule has 1 amide bonds. The summed E-state index contributed by atoms with van der Waals surface area (Å²) in [6.45, 7) is 4.98. The number of amides is 1. The molecule has 0 unspecified atom stereocenters. The minimum Gasteiger partial charge on any atom is -0.378 e. The van der Waals surface area contributed by atoms with Gasteiger partial charge in [0, 0.05) is 43.8 Å². The van der Waals surface area contributed by atoms with Gasteiger partial charge in [-0.1, -0.05) is 12.1 Å². The van der Waals surface area contributed by atoms with Crippen molar-refractivity contribution in [2.24, 2.45) is 0 Å². The molecule has 1 fully saturated rings. The summed E-state index contributed by atoms with van der Waals surface area (Å²) < 4.78 is 6.79. The van der Waals surface area contributed by atoms with Gasteiger partial charge in [-0.05, 0) is 24.6 Å². The summed E-state index contributed by atoms with van der Waals surface area (Å²) in [6.07, 6.45) is 4.74. The van der Waals surface area contributed by atoms with Crippen LogP contribution in [0.3, 0.4) is 0 Å². The maximum absolute atomic E-state index is 12.7. The topological polar surface area (TPSA) is 88.8 Å². The Hall–Kier alpha value is -3.26. The third kappa shape index (κ3) is 3.59. The van der Waals surface area contributed by atoms with Crippen molar-refractivity contribution in [3.8, 4) is 0 Å². The first-order chi connectivity index (χ1) is 13.6. The fraction of sp³-hybridized carbons (Fsp3) is 0.300. The van der Waals surface area contributed by atoms with Gasteiger partial charge < -0.3 is 15.0 Å². The molecule has 8 heteroatoms. The van der Waals surface area contributed by atoms with Gasteiger partial charge in [0.2, 0.25) is 0 Å². The number of pyridine rings is 2. The van der Waals surface area contributed by atoms with Crippen molar-refractivity contribution >= 4 is 17.4 Å². The van der Waals surface area contributed by atoms with Crippen LogP contribution in [0.4, 0.5) is 5.82 Å². The van der Waals surface area contributed by atoms with E-state index in [9.17, 15) is 9.59 Å². The van der Waals surface area contributed by atoms with Crippen molar-refractivity contribution in [3.63, 3.8) is 0 Å². The highest BCUT2D eigenvalue weighted by atomic mass is 16.5. The number of hydrogen-bond donors (Lipinski definition) is 1. The highest BCUT2D eigenvalue weighted by Crippen LogP contribution is 2.18. The Balaban J connectivity index is 1.55. The van der Waals surface area contributed by atoms with E-state index in [0.29, 0.717) is 18.9 Å². The number of morpholine rings is 1.